The fourth-order valence-corrected chi connectivity index (χ4v) is 3.65. The molecule has 1 aromatic rings. The summed E-state index contributed by atoms with van der Waals surface area (Å²) in [6.45, 7) is 4.34. The van der Waals surface area contributed by atoms with Gasteiger partial charge in [-0.05, 0) is 50.0 Å². The Labute approximate surface area is 148 Å². The van der Waals surface area contributed by atoms with Gasteiger partial charge in [0.15, 0.2) is 0 Å². The van der Waals surface area contributed by atoms with Gasteiger partial charge in [-0.15, -0.1) is 0 Å². The van der Waals surface area contributed by atoms with Gasteiger partial charge in [0.25, 0.3) is 0 Å². The van der Waals surface area contributed by atoms with Crippen molar-refractivity contribution in [2.45, 2.75) is 25.7 Å². The average molecular weight is 347 g/mol. The van der Waals surface area contributed by atoms with Crippen LogP contribution in [0.5, 0.6) is 0 Å². The first-order valence-electron chi connectivity index (χ1n) is 9.15. The molecule has 1 N–H and O–H groups in total. The number of piperidine rings is 1. The van der Waals surface area contributed by atoms with Crippen molar-refractivity contribution in [1.82, 2.24) is 15.1 Å². The van der Waals surface area contributed by atoms with Gasteiger partial charge in [-0.2, -0.15) is 0 Å². The third-order valence-corrected chi connectivity index (χ3v) is 5.09. The van der Waals surface area contributed by atoms with Crippen LogP contribution in [-0.2, 0) is 16.0 Å². The summed E-state index contributed by atoms with van der Waals surface area (Å²) in [6.07, 6.45) is 2.81. The van der Waals surface area contributed by atoms with Crippen LogP contribution < -0.4 is 5.32 Å². The van der Waals surface area contributed by atoms with Gasteiger partial charge in [-0.3, -0.25) is 9.59 Å². The number of rotatable bonds is 3. The van der Waals surface area contributed by atoms with Crippen molar-refractivity contribution in [3.8, 4) is 0 Å². The zero-order valence-electron chi connectivity index (χ0n) is 14.5. The predicted molar refractivity (Wildman–Crippen MR) is 93.5 cm³/mol. The first-order valence-corrected chi connectivity index (χ1v) is 9.15. The topological polar surface area (TPSA) is 52.7 Å². The molecule has 136 valence electrons. The Morgan fingerprint density at radius 3 is 2.56 bits per heavy atom. The largest absolute Gasteiger partial charge is 0.341 e. The molecule has 2 amide bonds. The van der Waals surface area contributed by atoms with Crippen molar-refractivity contribution >= 4 is 11.8 Å². The number of carbonyl (C=O) groups excluding carboxylic acids is 2. The number of nitrogens with one attached hydrogen (secondary N) is 1. The van der Waals surface area contributed by atoms with E-state index in [4.69, 9.17) is 0 Å². The monoisotopic (exact) mass is 347 g/mol. The van der Waals surface area contributed by atoms with Crippen LogP contribution in [0.1, 0.15) is 24.8 Å². The summed E-state index contributed by atoms with van der Waals surface area (Å²) >= 11 is 0. The van der Waals surface area contributed by atoms with E-state index < -0.39 is 0 Å². The molecule has 25 heavy (non-hydrogen) atoms. The maximum absolute atomic E-state index is 13.3. The van der Waals surface area contributed by atoms with Crippen LogP contribution in [0.4, 0.5) is 4.39 Å². The molecule has 0 aliphatic carbocycles. The Bertz CT molecular complexity index is 616. The van der Waals surface area contributed by atoms with Gasteiger partial charge in [-0.25, -0.2) is 4.39 Å². The molecule has 0 unspecified atom stereocenters. The van der Waals surface area contributed by atoms with Gasteiger partial charge < -0.3 is 15.1 Å². The molecule has 2 heterocycles. The molecule has 2 aliphatic heterocycles. The zero-order valence-corrected chi connectivity index (χ0v) is 14.5. The van der Waals surface area contributed by atoms with Crippen molar-refractivity contribution < 1.29 is 14.0 Å². The molecule has 0 spiro atoms. The molecule has 1 aromatic carbocycles. The number of hydrogen-bond acceptors (Lipinski definition) is 3. The standard InChI is InChI=1S/C19H26FN3O2/c20-17-4-1-3-15(13-17)14-18(24)22-9-2-10-23(12-11-22)19(25)16-5-7-21-8-6-16/h1,3-4,13,16,21H,2,5-12,14H2. The second kappa shape index (κ2) is 8.43. The normalized spacial score (nSPS) is 19.6. The van der Waals surface area contributed by atoms with Crippen LogP contribution in [0, 0.1) is 11.7 Å². The van der Waals surface area contributed by atoms with Crippen LogP contribution in [0.15, 0.2) is 24.3 Å². The van der Waals surface area contributed by atoms with Gasteiger partial charge in [0.2, 0.25) is 11.8 Å². The number of benzene rings is 1. The van der Waals surface area contributed by atoms with E-state index in [1.54, 1.807) is 17.0 Å². The first-order chi connectivity index (χ1) is 12.1. The van der Waals surface area contributed by atoms with Gasteiger partial charge in [0.1, 0.15) is 5.82 Å². The van der Waals surface area contributed by atoms with Crippen LogP contribution >= 0.6 is 0 Å². The van der Waals surface area contributed by atoms with Crippen molar-refractivity contribution in [2.24, 2.45) is 5.92 Å². The Balaban J connectivity index is 1.53. The molecular formula is C19H26FN3O2. The van der Waals surface area contributed by atoms with Crippen LogP contribution in [0.25, 0.3) is 0 Å². The summed E-state index contributed by atoms with van der Waals surface area (Å²) in [5.41, 5.74) is 0.692. The molecule has 0 atom stereocenters. The highest BCUT2D eigenvalue weighted by Gasteiger charge is 2.28. The maximum Gasteiger partial charge on any atom is 0.227 e. The summed E-state index contributed by atoms with van der Waals surface area (Å²) in [7, 11) is 0. The molecule has 0 saturated carbocycles. The third-order valence-electron chi connectivity index (χ3n) is 5.09. The van der Waals surface area contributed by atoms with Crippen molar-refractivity contribution in [1.29, 1.82) is 0 Å². The van der Waals surface area contributed by atoms with E-state index in [0.717, 1.165) is 32.4 Å². The van der Waals surface area contributed by atoms with Gasteiger partial charge in [-0.1, -0.05) is 12.1 Å². The van der Waals surface area contributed by atoms with Crippen molar-refractivity contribution in [3.05, 3.63) is 35.6 Å². The lowest BCUT2D eigenvalue weighted by Crippen LogP contribution is -2.43. The number of amides is 2. The third kappa shape index (κ3) is 4.78. The fourth-order valence-electron chi connectivity index (χ4n) is 3.65. The minimum atomic E-state index is -0.320. The average Bonchev–Trinajstić information content (AvgIpc) is 2.88. The molecule has 2 aliphatic rings. The van der Waals surface area contributed by atoms with E-state index in [9.17, 15) is 14.0 Å². The van der Waals surface area contributed by atoms with E-state index in [2.05, 4.69) is 5.32 Å². The van der Waals surface area contributed by atoms with Crippen molar-refractivity contribution in [3.63, 3.8) is 0 Å². The van der Waals surface area contributed by atoms with Crippen LogP contribution in [0.3, 0.4) is 0 Å². The molecule has 0 aromatic heterocycles. The predicted octanol–water partition coefficient (Wildman–Crippen LogP) is 1.43. The summed E-state index contributed by atoms with van der Waals surface area (Å²) in [5, 5.41) is 3.28. The Kier molecular flexibility index (Phi) is 6.02. The number of halogens is 1. The van der Waals surface area contributed by atoms with Gasteiger partial charge >= 0.3 is 0 Å². The van der Waals surface area contributed by atoms with Crippen LogP contribution in [-0.4, -0.2) is 60.9 Å². The lowest BCUT2D eigenvalue weighted by atomic mass is 9.96. The highest BCUT2D eigenvalue weighted by atomic mass is 19.1. The fraction of sp³-hybridized carbons (Fsp3) is 0.579. The summed E-state index contributed by atoms with van der Waals surface area (Å²) in [5.74, 6) is 0.0402. The molecular weight excluding hydrogens is 321 g/mol. The number of hydrogen-bond donors (Lipinski definition) is 1. The lowest BCUT2D eigenvalue weighted by Gasteiger charge is -2.28. The van der Waals surface area contributed by atoms with Crippen LogP contribution in [0.2, 0.25) is 0 Å². The highest BCUT2D eigenvalue weighted by Crippen LogP contribution is 2.17. The molecule has 2 fully saturated rings. The highest BCUT2D eigenvalue weighted by molar-refractivity contribution is 5.80. The zero-order chi connectivity index (χ0) is 17.6. The van der Waals surface area contributed by atoms with E-state index in [1.807, 2.05) is 4.90 Å². The minimum absolute atomic E-state index is 0.00163. The van der Waals surface area contributed by atoms with E-state index in [0.29, 0.717) is 31.7 Å². The summed E-state index contributed by atoms with van der Waals surface area (Å²) in [4.78, 5) is 28.9. The Morgan fingerprint density at radius 1 is 1.08 bits per heavy atom. The Hall–Kier alpha value is -1.95. The summed E-state index contributed by atoms with van der Waals surface area (Å²) in [6, 6.07) is 6.18. The molecule has 3 rings (SSSR count). The van der Waals surface area contributed by atoms with Gasteiger partial charge in [0, 0.05) is 32.1 Å². The second-order valence-electron chi connectivity index (χ2n) is 6.89. The van der Waals surface area contributed by atoms with E-state index in [1.165, 1.54) is 12.1 Å². The van der Waals surface area contributed by atoms with E-state index in [-0.39, 0.29) is 30.0 Å². The lowest BCUT2D eigenvalue weighted by molar-refractivity contribution is -0.137. The quantitative estimate of drug-likeness (QED) is 0.900. The summed E-state index contributed by atoms with van der Waals surface area (Å²) < 4.78 is 13.3. The molecule has 0 radical (unpaired) electrons. The second-order valence-corrected chi connectivity index (χ2v) is 6.89. The smallest absolute Gasteiger partial charge is 0.227 e. The minimum Gasteiger partial charge on any atom is -0.341 e. The number of carbonyl (C=O) groups is 2. The SMILES string of the molecule is O=C(Cc1cccc(F)c1)N1CCCN(C(=O)C2CCNCC2)CC1. The maximum atomic E-state index is 13.3. The van der Waals surface area contributed by atoms with E-state index >= 15 is 0 Å². The first kappa shape index (κ1) is 17.9. The Morgan fingerprint density at radius 2 is 1.80 bits per heavy atom. The van der Waals surface area contributed by atoms with Gasteiger partial charge in [0.05, 0.1) is 6.42 Å². The molecule has 2 saturated heterocycles. The molecule has 6 heteroatoms. The number of nitrogens with zero attached hydrogens (tertiary/aromatic N) is 2. The van der Waals surface area contributed by atoms with Crippen molar-refractivity contribution in [2.75, 3.05) is 39.3 Å². The molecule has 5 nitrogen and oxygen atoms in total. The molecule has 0 bridgehead atoms.